The molecule has 11 heterocycles. The van der Waals surface area contributed by atoms with Gasteiger partial charge in [0.25, 0.3) is 0 Å². The van der Waals surface area contributed by atoms with Crippen molar-refractivity contribution in [2.75, 3.05) is 59.5 Å². The minimum absolute atomic E-state index is 0.887. The van der Waals surface area contributed by atoms with E-state index < -0.39 is 415 Å². The van der Waals surface area contributed by atoms with Gasteiger partial charge in [-0.15, -0.1) is 0 Å². The summed E-state index contributed by atoms with van der Waals surface area (Å²) in [6.07, 6.45) is -106. The maximum absolute atomic E-state index is 13.6. The van der Waals surface area contributed by atoms with Crippen LogP contribution >= 0.6 is 0 Å². The monoisotopic (exact) mass is 1900 g/mol. The van der Waals surface area contributed by atoms with Crippen LogP contribution in [0.4, 0.5) is 0 Å². The second kappa shape index (κ2) is 46.1. The Bertz CT molecular complexity index is 3560. The van der Waals surface area contributed by atoms with Gasteiger partial charge in [0.2, 0.25) is 23.6 Å². The normalized spacial score (nSPS) is 50.3. The Morgan fingerprint density at radius 2 is 0.492 bits per heavy atom. The minimum Gasteiger partial charge on any atom is -0.394 e. The van der Waals surface area contributed by atoms with Crippen molar-refractivity contribution in [1.29, 1.82) is 0 Å². The topological polar surface area (TPSA) is 877 Å². The number of hydrogen-bond donors (Lipinski definition) is 32. The molecule has 0 aromatic carbocycles. The van der Waals surface area contributed by atoms with Gasteiger partial charge in [0.1, 0.15) is 250 Å². The summed E-state index contributed by atoms with van der Waals surface area (Å²) in [4.78, 5) is 52.5. The largest absolute Gasteiger partial charge is 0.394 e. The molecule has 0 aliphatic carbocycles. The number of amides is 4. The van der Waals surface area contributed by atoms with Crippen LogP contribution in [0.25, 0.3) is 0 Å². The van der Waals surface area contributed by atoms with Crippen LogP contribution in [0.2, 0.25) is 0 Å². The summed E-state index contributed by atoms with van der Waals surface area (Å²) in [5.41, 5.74) is 0. The second-order valence-electron chi connectivity index (χ2n) is 33.3. The molecule has 11 aliphatic rings. The van der Waals surface area contributed by atoms with Crippen molar-refractivity contribution in [3.05, 3.63) is 0 Å². The van der Waals surface area contributed by atoms with Crippen LogP contribution in [0.1, 0.15) is 41.5 Å². The van der Waals surface area contributed by atoms with E-state index in [0.29, 0.717) is 0 Å². The van der Waals surface area contributed by atoms with E-state index in [9.17, 15) is 162 Å². The summed E-state index contributed by atoms with van der Waals surface area (Å²) in [5.74, 6) is -3.87. The van der Waals surface area contributed by atoms with Gasteiger partial charge in [-0.25, -0.2) is 0 Å². The molecular weight excluding hydrogens is 1780 g/mol. The maximum atomic E-state index is 13.6. The third kappa shape index (κ3) is 23.2. The van der Waals surface area contributed by atoms with Gasteiger partial charge in [0.05, 0.1) is 71.7 Å². The molecule has 0 saturated carbocycles. The Morgan fingerprint density at radius 1 is 0.215 bits per heavy atom. The molecule has 32 N–H and O–H groups in total. The van der Waals surface area contributed by atoms with Crippen LogP contribution in [0, 0.1) is 0 Å². The fourth-order valence-corrected chi connectivity index (χ4v) is 17.0. The molecule has 0 bridgehead atoms. The van der Waals surface area contributed by atoms with Gasteiger partial charge < -0.3 is 264 Å². The van der Waals surface area contributed by atoms with E-state index in [0.717, 1.165) is 27.7 Å². The van der Waals surface area contributed by atoms with Crippen molar-refractivity contribution in [2.45, 2.75) is 373 Å². The highest BCUT2D eigenvalue weighted by Gasteiger charge is 2.63. The molecule has 0 aromatic heterocycles. The van der Waals surface area contributed by atoms with Crippen LogP contribution in [-0.2, 0) is 119 Å². The van der Waals surface area contributed by atoms with Crippen LogP contribution < -0.4 is 21.3 Å². The van der Waals surface area contributed by atoms with Crippen LogP contribution in [-0.4, -0.2) is 557 Å². The lowest BCUT2D eigenvalue weighted by molar-refractivity contribution is -0.407. The molecule has 57 nitrogen and oxygen atoms in total. The Morgan fingerprint density at radius 3 is 0.969 bits per heavy atom. The first-order valence-electron chi connectivity index (χ1n) is 41.8. The second-order valence-corrected chi connectivity index (χ2v) is 33.3. The van der Waals surface area contributed by atoms with E-state index in [1.807, 2.05) is 0 Å². The van der Waals surface area contributed by atoms with Crippen molar-refractivity contribution in [3.8, 4) is 0 Å². The number of hydrogen-bond acceptors (Lipinski definition) is 53. The van der Waals surface area contributed by atoms with Crippen molar-refractivity contribution >= 4 is 23.6 Å². The molecule has 11 aliphatic heterocycles. The summed E-state index contributed by atoms with van der Waals surface area (Å²) in [6.45, 7) is -4.18. The molecule has 4 amide bonds. The average Bonchev–Trinajstić information content (AvgIpc) is 1.39. The van der Waals surface area contributed by atoms with Crippen LogP contribution in [0.3, 0.4) is 0 Å². The van der Waals surface area contributed by atoms with Crippen molar-refractivity contribution in [3.63, 3.8) is 0 Å². The molecule has 752 valence electrons. The van der Waals surface area contributed by atoms with Gasteiger partial charge in [-0.2, -0.15) is 0 Å². The van der Waals surface area contributed by atoms with Crippen LogP contribution in [0.15, 0.2) is 0 Å². The first-order chi connectivity index (χ1) is 61.5. The number of nitrogens with one attached hydrogen (secondary N) is 4. The minimum atomic E-state index is -2.63. The van der Waals surface area contributed by atoms with E-state index >= 15 is 0 Å². The van der Waals surface area contributed by atoms with E-state index in [1.54, 1.807) is 0 Å². The van der Waals surface area contributed by atoms with Gasteiger partial charge in [0.15, 0.2) is 69.2 Å². The number of aliphatic hydroxyl groups is 28. The number of rotatable bonds is 33. The molecule has 0 spiro atoms. The molecular formula is C73H122N4O53. The first kappa shape index (κ1) is 106. The third-order valence-electron chi connectivity index (χ3n) is 24.1. The molecule has 11 rings (SSSR count). The summed E-state index contributed by atoms with van der Waals surface area (Å²) in [6, 6.07) is -7.87. The summed E-state index contributed by atoms with van der Waals surface area (Å²) >= 11 is 0. The average molecular weight is 1900 g/mol. The van der Waals surface area contributed by atoms with Gasteiger partial charge in [-0.3, -0.25) is 19.2 Å². The summed E-state index contributed by atoms with van der Waals surface area (Å²) < 4.78 is 128. The Hall–Kier alpha value is -4.08. The van der Waals surface area contributed by atoms with E-state index in [2.05, 4.69) is 21.3 Å². The zero-order valence-electron chi connectivity index (χ0n) is 70.3. The lowest BCUT2D eigenvalue weighted by Gasteiger charge is -2.52. The van der Waals surface area contributed by atoms with E-state index in [1.165, 1.54) is 13.8 Å². The Balaban J connectivity index is 0.996. The summed E-state index contributed by atoms with van der Waals surface area (Å²) in [5, 5.41) is 325. The van der Waals surface area contributed by atoms with Crippen molar-refractivity contribution in [2.24, 2.45) is 0 Å². The van der Waals surface area contributed by atoms with Crippen molar-refractivity contribution < 1.29 is 262 Å². The number of carbonyl (C=O) groups is 4. The predicted molar refractivity (Wildman–Crippen MR) is 400 cm³/mol. The highest BCUT2D eigenvalue weighted by Crippen LogP contribution is 2.43. The first-order valence-corrected chi connectivity index (χ1v) is 41.8. The molecule has 0 aromatic rings. The van der Waals surface area contributed by atoms with Gasteiger partial charge in [-0.05, 0) is 13.8 Å². The molecule has 0 unspecified atom stereocenters. The Labute approximate surface area is 736 Å². The van der Waals surface area contributed by atoms with E-state index in [4.69, 9.17) is 99.5 Å². The molecule has 0 radical (unpaired) electrons. The molecule has 11 saturated heterocycles. The molecule has 130 heavy (non-hydrogen) atoms. The number of aliphatic hydroxyl groups excluding tert-OH is 28. The fourth-order valence-electron chi connectivity index (χ4n) is 17.0. The van der Waals surface area contributed by atoms with E-state index in [-0.39, 0.29) is 0 Å². The van der Waals surface area contributed by atoms with Gasteiger partial charge in [0, 0.05) is 27.7 Å². The fraction of sp³-hybridized carbons (Fsp3) is 0.945. The zero-order chi connectivity index (χ0) is 95.5. The lowest BCUT2D eigenvalue weighted by Crippen LogP contribution is -2.71. The Kier molecular flexibility index (Phi) is 37.7. The smallest absolute Gasteiger partial charge is 0.217 e. The van der Waals surface area contributed by atoms with Gasteiger partial charge in [-0.1, -0.05) is 0 Å². The highest BCUT2D eigenvalue weighted by atomic mass is 16.8. The molecule has 54 atom stereocenters. The maximum Gasteiger partial charge on any atom is 0.217 e. The SMILES string of the molecule is CC(=O)N[C@@H]1[C@@H](O[C@@H]2O[C@@H](C)[C@@H](O)[C@@H](O)[C@@H]2O)[C@H](O[C@@H]2O[C@H](CO)[C@@H](O[C@@H]3O[C@H](CO[C@H]4O[C@H](CO)[C@@H](O)[C@H](O)[C@@H]4O[C@@H]4O[C@H](CO[C@@H]5O[C@@H](C)[C@@H](O)[C@@H](O)[C@@H]5O)[C@@H](O[C@@H]5O[C@H](CO)[C@H](O)[C@H](O)[C@H]5O)[C@H](O)[C@H]4NC(C)=O)[C@@H](O)[C@H](O[C@H]4O[C@H](CO)[C@@H](O)[C@H](O)[C@@H]4O[C@@H]4O[C@H](CO)[C@@H](O)[C@H](O)[C@H]4NC(C)=O)[C@@H]3O[C@@H]3O[C@H](CO)[C@H](O)[C@H]3O)[C@H](O)[C@H]2NC(C)=O)[C@@H](CO)O[C@H]1O. The van der Waals surface area contributed by atoms with Crippen LogP contribution in [0.5, 0.6) is 0 Å². The predicted octanol–water partition coefficient (Wildman–Crippen LogP) is -21.7. The highest BCUT2D eigenvalue weighted by molar-refractivity contribution is 5.74. The summed E-state index contributed by atoms with van der Waals surface area (Å²) in [7, 11) is 0. The lowest BCUT2D eigenvalue weighted by atomic mass is 9.93. The standard InChI is InChI=1S/C73H122N4O53/c1-16-35(89)46(100)52(106)67(112-16)110-15-30-56(123-70-54(108)48(102)38(92)23(8-79)116-70)45(99)33(76-20(5)87)66(122-30)128-60-49(103)39(93)24(9-80)118-71(60)111-14-29-42(96)59(127-72-61(50(104)40(94)25(10-81)119-72)129-64-31(74-18(3)85)43(97)37(91)22(7-78)115-64)62(130-69-51(105)41(95)26(11-82)117-69)73(121-29)124-55-27(12-83)120-65(32(44(55)98)75-19(4)86)125-57-28(13-84)114-63(109)34(77-21(6)88)58(57)126-68-53(107)47(101)36(90)17(2)113-68/h16-17,22-73,78-84,89-109H,7-15H2,1-6H3,(H,74,85)(H,75,86)(H,76,87)(H,77,88)/t16-,17-,22+,23+,24+,25+,26+,27+,28+,29+,30+,31+,32+,33+,34+,35+,36+,37+,38-,39+,40+,41-,42+,43+,44+,45+,46+,47+,48-,49-,50-,51+,52-,53-,54+,55+,56+,57+,58+,59-,60-,61-,62-,63+,64-,65-,66-,67+,68-,69-,70-,71-,72+,73-/m0/s1. The number of ether oxygens (including phenoxy) is 21. The third-order valence-corrected chi connectivity index (χ3v) is 24.1. The number of carbonyl (C=O) groups excluding carboxylic acids is 4. The quantitative estimate of drug-likeness (QED) is 0.0290. The van der Waals surface area contributed by atoms with Gasteiger partial charge >= 0.3 is 0 Å². The molecule has 57 heteroatoms. The van der Waals surface area contributed by atoms with Crippen molar-refractivity contribution in [1.82, 2.24) is 21.3 Å². The zero-order valence-corrected chi connectivity index (χ0v) is 70.3. The molecule has 11 fully saturated rings.